The lowest BCUT2D eigenvalue weighted by atomic mass is 10.3. The van der Waals surface area contributed by atoms with E-state index in [1.54, 1.807) is 0 Å². The zero-order valence-corrected chi connectivity index (χ0v) is 8.37. The molecule has 0 aromatic heterocycles. The number of methoxy groups -OCH3 is 1. The van der Waals surface area contributed by atoms with Gasteiger partial charge in [0.1, 0.15) is 13.4 Å². The summed E-state index contributed by atoms with van der Waals surface area (Å²) in [5.74, 6) is -0.901. The second-order valence-corrected chi connectivity index (χ2v) is 2.65. The predicted octanol–water partition coefficient (Wildman–Crippen LogP) is 0.295. The average molecular weight is 202 g/mol. The van der Waals surface area contributed by atoms with E-state index in [1.165, 1.54) is 14.0 Å². The average Bonchev–Trinajstić information content (AvgIpc) is 2.14. The molecule has 0 spiro atoms. The van der Waals surface area contributed by atoms with E-state index >= 15 is 0 Å². The fraction of sp³-hybridized carbons (Fsp3) is 0.556. The third-order valence-electron chi connectivity index (χ3n) is 1.18. The molecule has 80 valence electrons. The molecule has 0 rings (SSSR count). The maximum atomic E-state index is 11.0. The number of hydrogen-bond acceptors (Lipinski definition) is 5. The van der Waals surface area contributed by atoms with Gasteiger partial charge in [0.15, 0.2) is 12.4 Å². The van der Waals surface area contributed by atoms with Crippen LogP contribution in [0.1, 0.15) is 6.92 Å². The normalized spacial score (nSPS) is 9.57. The van der Waals surface area contributed by atoms with Gasteiger partial charge in [-0.3, -0.25) is 4.79 Å². The van der Waals surface area contributed by atoms with Crippen molar-refractivity contribution in [2.24, 2.45) is 0 Å². The molecule has 5 nitrogen and oxygen atoms in total. The first-order valence-corrected chi connectivity index (χ1v) is 3.99. The second-order valence-electron chi connectivity index (χ2n) is 2.65. The molecule has 0 saturated carbocycles. The van der Waals surface area contributed by atoms with Gasteiger partial charge in [0.2, 0.25) is 0 Å². The maximum Gasteiger partial charge on any atom is 0.333 e. The minimum absolute atomic E-state index is 0.0418. The standard InChI is InChI=1S/C9H14O5/c1-7(2)9(11)14-5-8(10)4-13-6-12-3/h1,4-6H2,2-3H3. The molecule has 0 heterocycles. The van der Waals surface area contributed by atoms with Gasteiger partial charge in [-0.15, -0.1) is 0 Å². The first kappa shape index (κ1) is 12.8. The summed E-state index contributed by atoms with van der Waals surface area (Å²) in [6, 6.07) is 0. The minimum Gasteiger partial charge on any atom is -0.454 e. The summed E-state index contributed by atoms with van der Waals surface area (Å²) < 4.78 is 13.9. The van der Waals surface area contributed by atoms with Crippen LogP contribution in [0.25, 0.3) is 0 Å². The van der Waals surface area contributed by atoms with E-state index in [0.29, 0.717) is 0 Å². The number of carbonyl (C=O) groups excluding carboxylic acids is 2. The Balaban J connectivity index is 3.54. The van der Waals surface area contributed by atoms with Gasteiger partial charge in [0.05, 0.1) is 0 Å². The van der Waals surface area contributed by atoms with Crippen molar-refractivity contribution in [1.82, 2.24) is 0 Å². The van der Waals surface area contributed by atoms with Crippen molar-refractivity contribution < 1.29 is 23.8 Å². The van der Waals surface area contributed by atoms with Crippen LogP contribution < -0.4 is 0 Å². The number of rotatable bonds is 7. The van der Waals surface area contributed by atoms with E-state index in [1.807, 2.05) is 0 Å². The van der Waals surface area contributed by atoms with Crippen LogP contribution in [0, 0.1) is 0 Å². The number of esters is 1. The van der Waals surface area contributed by atoms with E-state index < -0.39 is 5.97 Å². The molecule has 0 bridgehead atoms. The summed E-state index contributed by atoms with van der Waals surface area (Å²) in [5.41, 5.74) is 0.260. The summed E-state index contributed by atoms with van der Waals surface area (Å²) >= 11 is 0. The summed E-state index contributed by atoms with van der Waals surface area (Å²) in [7, 11) is 1.45. The van der Waals surface area contributed by atoms with Gasteiger partial charge in [-0.1, -0.05) is 6.58 Å². The van der Waals surface area contributed by atoms with Crippen LogP contribution in [0.15, 0.2) is 12.2 Å². The third-order valence-corrected chi connectivity index (χ3v) is 1.18. The van der Waals surface area contributed by atoms with Gasteiger partial charge in [0, 0.05) is 12.7 Å². The molecule has 0 N–H and O–H groups in total. The Bertz CT molecular complexity index is 221. The van der Waals surface area contributed by atoms with E-state index in [2.05, 4.69) is 16.1 Å². The number of ketones is 1. The SMILES string of the molecule is C=C(C)C(=O)OCC(=O)COCOC. The highest BCUT2D eigenvalue weighted by Gasteiger charge is 2.07. The summed E-state index contributed by atoms with van der Waals surface area (Å²) in [6.45, 7) is 4.50. The van der Waals surface area contributed by atoms with Gasteiger partial charge in [-0.2, -0.15) is 0 Å². The van der Waals surface area contributed by atoms with Crippen molar-refractivity contribution in [2.75, 3.05) is 27.1 Å². The van der Waals surface area contributed by atoms with E-state index in [0.717, 1.165) is 0 Å². The van der Waals surface area contributed by atoms with Crippen LogP contribution in [0.4, 0.5) is 0 Å². The molecule has 0 aliphatic heterocycles. The molecule has 0 unspecified atom stereocenters. The van der Waals surface area contributed by atoms with Crippen molar-refractivity contribution in [3.63, 3.8) is 0 Å². The molecule has 0 aromatic carbocycles. The highest BCUT2D eigenvalue weighted by atomic mass is 16.7. The van der Waals surface area contributed by atoms with Crippen LogP contribution in [0.3, 0.4) is 0 Å². The Hall–Kier alpha value is -1.20. The summed E-state index contributed by atoms with van der Waals surface area (Å²) in [6.07, 6.45) is 0. The summed E-state index contributed by atoms with van der Waals surface area (Å²) in [5, 5.41) is 0. The van der Waals surface area contributed by atoms with Crippen molar-refractivity contribution >= 4 is 11.8 Å². The van der Waals surface area contributed by atoms with E-state index in [-0.39, 0.29) is 31.4 Å². The molecule has 0 radical (unpaired) electrons. The Morgan fingerprint density at radius 1 is 1.29 bits per heavy atom. The Labute approximate surface area is 82.6 Å². The third kappa shape index (κ3) is 6.33. The topological polar surface area (TPSA) is 61.8 Å². The molecule has 0 amide bonds. The van der Waals surface area contributed by atoms with Crippen molar-refractivity contribution in [1.29, 1.82) is 0 Å². The highest BCUT2D eigenvalue weighted by Crippen LogP contribution is 1.92. The van der Waals surface area contributed by atoms with Crippen molar-refractivity contribution in [3.05, 3.63) is 12.2 Å². The van der Waals surface area contributed by atoms with Gasteiger partial charge in [-0.05, 0) is 6.92 Å². The van der Waals surface area contributed by atoms with Crippen LogP contribution in [-0.4, -0.2) is 38.9 Å². The Morgan fingerprint density at radius 2 is 1.93 bits per heavy atom. The van der Waals surface area contributed by atoms with Gasteiger partial charge in [0.25, 0.3) is 0 Å². The number of carbonyl (C=O) groups is 2. The van der Waals surface area contributed by atoms with Gasteiger partial charge in [-0.25, -0.2) is 4.79 Å². The Kier molecular flexibility index (Phi) is 6.61. The van der Waals surface area contributed by atoms with E-state index in [9.17, 15) is 9.59 Å². The van der Waals surface area contributed by atoms with Crippen LogP contribution in [-0.2, 0) is 23.8 Å². The minimum atomic E-state index is -0.579. The number of ether oxygens (including phenoxy) is 3. The van der Waals surface area contributed by atoms with Crippen molar-refractivity contribution in [3.8, 4) is 0 Å². The first-order chi connectivity index (χ1) is 6.57. The summed E-state index contributed by atoms with van der Waals surface area (Å²) in [4.78, 5) is 21.8. The molecule has 0 aliphatic rings. The highest BCUT2D eigenvalue weighted by molar-refractivity contribution is 5.90. The molecule has 0 aromatic rings. The molecular weight excluding hydrogens is 188 g/mol. The van der Waals surface area contributed by atoms with Gasteiger partial charge >= 0.3 is 5.97 Å². The fourth-order valence-electron chi connectivity index (χ4n) is 0.550. The fourth-order valence-corrected chi connectivity index (χ4v) is 0.550. The van der Waals surface area contributed by atoms with Crippen LogP contribution >= 0.6 is 0 Å². The maximum absolute atomic E-state index is 11.0. The number of hydrogen-bond donors (Lipinski definition) is 0. The lowest BCUT2D eigenvalue weighted by molar-refractivity contribution is -0.146. The predicted molar refractivity (Wildman–Crippen MR) is 48.6 cm³/mol. The zero-order valence-electron chi connectivity index (χ0n) is 8.37. The smallest absolute Gasteiger partial charge is 0.333 e. The van der Waals surface area contributed by atoms with Gasteiger partial charge < -0.3 is 14.2 Å². The zero-order chi connectivity index (χ0) is 11.0. The van der Waals surface area contributed by atoms with E-state index in [4.69, 9.17) is 4.74 Å². The van der Waals surface area contributed by atoms with Crippen LogP contribution in [0.2, 0.25) is 0 Å². The quantitative estimate of drug-likeness (QED) is 0.257. The lowest BCUT2D eigenvalue weighted by Gasteiger charge is -2.03. The molecule has 14 heavy (non-hydrogen) atoms. The second kappa shape index (κ2) is 7.23. The molecule has 0 fully saturated rings. The molecule has 0 aliphatic carbocycles. The van der Waals surface area contributed by atoms with Crippen molar-refractivity contribution in [2.45, 2.75) is 6.92 Å². The molecule has 5 heteroatoms. The number of Topliss-reactive ketones (excluding diaryl/α,β-unsaturated/α-hetero) is 1. The molecular formula is C9H14O5. The first-order valence-electron chi connectivity index (χ1n) is 3.99. The van der Waals surface area contributed by atoms with Crippen LogP contribution in [0.5, 0.6) is 0 Å². The largest absolute Gasteiger partial charge is 0.454 e. The monoisotopic (exact) mass is 202 g/mol. The Morgan fingerprint density at radius 3 is 2.43 bits per heavy atom. The molecule has 0 saturated heterocycles. The molecule has 0 atom stereocenters. The lowest BCUT2D eigenvalue weighted by Crippen LogP contribution is -2.19.